The van der Waals surface area contributed by atoms with Crippen molar-refractivity contribution >= 4 is 17.7 Å². The van der Waals surface area contributed by atoms with Crippen molar-refractivity contribution in [2.45, 2.75) is 32.6 Å². The fourth-order valence-corrected chi connectivity index (χ4v) is 2.50. The van der Waals surface area contributed by atoms with Gasteiger partial charge in [-0.3, -0.25) is 9.59 Å². The van der Waals surface area contributed by atoms with Crippen molar-refractivity contribution in [2.75, 3.05) is 5.32 Å². The van der Waals surface area contributed by atoms with Crippen molar-refractivity contribution in [3.05, 3.63) is 23.9 Å². The smallest absolute Gasteiger partial charge is 0.307 e. The van der Waals surface area contributed by atoms with Gasteiger partial charge in [0.1, 0.15) is 5.82 Å². The van der Waals surface area contributed by atoms with Crippen LogP contribution < -0.4 is 5.32 Å². The van der Waals surface area contributed by atoms with E-state index in [2.05, 4.69) is 10.3 Å². The molecule has 0 aromatic carbocycles. The van der Waals surface area contributed by atoms with Gasteiger partial charge in [0.2, 0.25) is 5.91 Å². The van der Waals surface area contributed by atoms with Crippen LogP contribution in [-0.4, -0.2) is 22.0 Å². The molecule has 1 aliphatic rings. The van der Waals surface area contributed by atoms with Crippen LogP contribution in [0.4, 0.5) is 5.82 Å². The van der Waals surface area contributed by atoms with Crippen LogP contribution in [0.2, 0.25) is 0 Å². The van der Waals surface area contributed by atoms with E-state index >= 15 is 0 Å². The van der Waals surface area contributed by atoms with Crippen LogP contribution >= 0.6 is 0 Å². The minimum absolute atomic E-state index is 0.233. The molecule has 2 N–H and O–H groups in total. The van der Waals surface area contributed by atoms with Gasteiger partial charge in [0.15, 0.2) is 0 Å². The number of carboxylic acid groups (broad SMARTS) is 1. The fraction of sp³-hybridized carbons (Fsp3) is 0.500. The van der Waals surface area contributed by atoms with E-state index in [1.54, 1.807) is 12.3 Å². The molecule has 102 valence electrons. The van der Waals surface area contributed by atoms with Crippen LogP contribution in [-0.2, 0) is 9.59 Å². The number of anilines is 1. The first kappa shape index (κ1) is 13.5. The molecule has 2 atom stereocenters. The number of aryl methyl sites for hydroxylation is 1. The molecule has 1 aliphatic carbocycles. The summed E-state index contributed by atoms with van der Waals surface area (Å²) in [5, 5.41) is 11.9. The van der Waals surface area contributed by atoms with E-state index < -0.39 is 17.8 Å². The number of carbonyl (C=O) groups is 2. The highest BCUT2D eigenvalue weighted by Crippen LogP contribution is 2.31. The number of hydrogen-bond acceptors (Lipinski definition) is 3. The third-order valence-corrected chi connectivity index (χ3v) is 3.58. The van der Waals surface area contributed by atoms with Gasteiger partial charge in [0.05, 0.1) is 11.8 Å². The molecule has 2 rings (SSSR count). The average Bonchev–Trinajstić information content (AvgIpc) is 2.41. The first-order valence-corrected chi connectivity index (χ1v) is 6.54. The third-order valence-electron chi connectivity index (χ3n) is 3.58. The maximum atomic E-state index is 12.2. The Labute approximate surface area is 112 Å². The number of rotatable bonds is 3. The van der Waals surface area contributed by atoms with Gasteiger partial charge < -0.3 is 10.4 Å². The summed E-state index contributed by atoms with van der Waals surface area (Å²) in [5.41, 5.74) is 1.01. The largest absolute Gasteiger partial charge is 0.481 e. The molecular weight excluding hydrogens is 244 g/mol. The Morgan fingerprint density at radius 2 is 1.95 bits per heavy atom. The van der Waals surface area contributed by atoms with Crippen molar-refractivity contribution in [1.29, 1.82) is 0 Å². The molecule has 5 nitrogen and oxygen atoms in total. The molecule has 1 saturated carbocycles. The quantitative estimate of drug-likeness (QED) is 0.875. The Hall–Kier alpha value is -1.91. The van der Waals surface area contributed by atoms with Gasteiger partial charge in [-0.05, 0) is 31.4 Å². The van der Waals surface area contributed by atoms with Gasteiger partial charge in [0, 0.05) is 6.20 Å². The molecular formula is C14H18N2O3. The molecule has 1 amide bonds. The number of carboxylic acids is 1. The highest BCUT2D eigenvalue weighted by atomic mass is 16.4. The Bertz CT molecular complexity index is 470. The summed E-state index contributed by atoms with van der Waals surface area (Å²) >= 11 is 0. The van der Waals surface area contributed by atoms with E-state index in [9.17, 15) is 9.59 Å². The molecule has 1 fully saturated rings. The predicted molar refractivity (Wildman–Crippen MR) is 70.7 cm³/mol. The Morgan fingerprint density at radius 1 is 1.26 bits per heavy atom. The van der Waals surface area contributed by atoms with Crippen molar-refractivity contribution < 1.29 is 14.7 Å². The van der Waals surface area contributed by atoms with Gasteiger partial charge in [-0.15, -0.1) is 0 Å². The summed E-state index contributed by atoms with van der Waals surface area (Å²) in [6.07, 6.45) is 4.67. The lowest BCUT2D eigenvalue weighted by molar-refractivity contribution is -0.147. The lowest BCUT2D eigenvalue weighted by atomic mass is 9.79. The van der Waals surface area contributed by atoms with Crippen molar-refractivity contribution in [2.24, 2.45) is 11.8 Å². The molecule has 0 radical (unpaired) electrons. The fourth-order valence-electron chi connectivity index (χ4n) is 2.50. The van der Waals surface area contributed by atoms with Crippen LogP contribution in [0.3, 0.4) is 0 Å². The summed E-state index contributed by atoms with van der Waals surface area (Å²) < 4.78 is 0. The number of pyridine rings is 1. The first-order valence-electron chi connectivity index (χ1n) is 6.54. The standard InChI is InChI=1S/C14H18N2O3/c1-9-6-7-12(15-8-9)16-13(17)10-4-2-3-5-11(10)14(18)19/h6-8,10-11H,2-5H2,1H3,(H,18,19)(H,15,16,17)/t10-,11+/m0/s1. The molecule has 0 spiro atoms. The molecule has 19 heavy (non-hydrogen) atoms. The van der Waals surface area contributed by atoms with Crippen molar-refractivity contribution in [3.63, 3.8) is 0 Å². The van der Waals surface area contributed by atoms with E-state index in [4.69, 9.17) is 5.11 Å². The van der Waals surface area contributed by atoms with Gasteiger partial charge in [-0.1, -0.05) is 18.9 Å². The van der Waals surface area contributed by atoms with Gasteiger partial charge >= 0.3 is 5.97 Å². The van der Waals surface area contributed by atoms with E-state index in [1.807, 2.05) is 13.0 Å². The van der Waals surface area contributed by atoms with Crippen molar-refractivity contribution in [3.8, 4) is 0 Å². The normalized spacial score (nSPS) is 22.8. The second-order valence-electron chi connectivity index (χ2n) is 5.05. The number of carbonyl (C=O) groups excluding carboxylic acids is 1. The summed E-state index contributed by atoms with van der Waals surface area (Å²) in [7, 11) is 0. The van der Waals surface area contributed by atoms with Crippen LogP contribution in [0.15, 0.2) is 18.3 Å². The lowest BCUT2D eigenvalue weighted by Gasteiger charge is -2.27. The molecule has 1 aromatic heterocycles. The number of aliphatic carboxylic acids is 1. The van der Waals surface area contributed by atoms with Gasteiger partial charge in [-0.25, -0.2) is 4.98 Å². The number of hydrogen-bond donors (Lipinski definition) is 2. The minimum Gasteiger partial charge on any atom is -0.481 e. The highest BCUT2D eigenvalue weighted by molar-refractivity contribution is 5.94. The van der Waals surface area contributed by atoms with E-state index in [0.717, 1.165) is 18.4 Å². The van der Waals surface area contributed by atoms with E-state index in [1.165, 1.54) is 0 Å². The van der Waals surface area contributed by atoms with E-state index in [0.29, 0.717) is 18.7 Å². The zero-order valence-corrected chi connectivity index (χ0v) is 10.9. The number of nitrogens with zero attached hydrogens (tertiary/aromatic N) is 1. The minimum atomic E-state index is -0.878. The summed E-state index contributed by atoms with van der Waals surface area (Å²) in [4.78, 5) is 27.4. The number of aromatic nitrogens is 1. The topological polar surface area (TPSA) is 79.3 Å². The molecule has 0 saturated heterocycles. The average molecular weight is 262 g/mol. The lowest BCUT2D eigenvalue weighted by Crippen LogP contribution is -2.36. The Morgan fingerprint density at radius 3 is 2.53 bits per heavy atom. The molecule has 5 heteroatoms. The SMILES string of the molecule is Cc1ccc(NC(=O)[C@H]2CCCC[C@H]2C(=O)O)nc1. The van der Waals surface area contributed by atoms with Gasteiger partial charge in [-0.2, -0.15) is 0 Å². The van der Waals surface area contributed by atoms with Crippen LogP contribution in [0, 0.1) is 18.8 Å². The molecule has 0 unspecified atom stereocenters. The Balaban J connectivity index is 2.05. The zero-order valence-electron chi connectivity index (χ0n) is 10.9. The summed E-state index contributed by atoms with van der Waals surface area (Å²) in [6, 6.07) is 3.59. The maximum absolute atomic E-state index is 12.2. The maximum Gasteiger partial charge on any atom is 0.307 e. The zero-order chi connectivity index (χ0) is 13.8. The molecule has 0 bridgehead atoms. The van der Waals surface area contributed by atoms with Crippen molar-refractivity contribution in [1.82, 2.24) is 4.98 Å². The van der Waals surface area contributed by atoms with Crippen LogP contribution in [0.1, 0.15) is 31.2 Å². The van der Waals surface area contributed by atoms with Crippen LogP contribution in [0.25, 0.3) is 0 Å². The molecule has 1 aromatic rings. The monoisotopic (exact) mass is 262 g/mol. The van der Waals surface area contributed by atoms with E-state index in [-0.39, 0.29) is 5.91 Å². The first-order chi connectivity index (χ1) is 9.08. The van der Waals surface area contributed by atoms with Crippen LogP contribution in [0.5, 0.6) is 0 Å². The number of amides is 1. The highest BCUT2D eigenvalue weighted by Gasteiger charge is 2.35. The second kappa shape index (κ2) is 5.82. The summed E-state index contributed by atoms with van der Waals surface area (Å²) in [5.74, 6) is -1.65. The molecule has 0 aliphatic heterocycles. The Kier molecular flexibility index (Phi) is 4.14. The number of nitrogens with one attached hydrogen (secondary N) is 1. The summed E-state index contributed by atoms with van der Waals surface area (Å²) in [6.45, 7) is 1.92. The van der Waals surface area contributed by atoms with Gasteiger partial charge in [0.25, 0.3) is 0 Å². The molecule has 1 heterocycles. The second-order valence-corrected chi connectivity index (χ2v) is 5.05. The predicted octanol–water partition coefficient (Wildman–Crippen LogP) is 2.22. The third kappa shape index (κ3) is 3.30.